The number of nitrogens with one attached hydrogen (secondary N) is 1. The molecule has 0 atom stereocenters. The van der Waals surface area contributed by atoms with Crippen molar-refractivity contribution in [1.82, 2.24) is 5.32 Å². The first-order valence-electron chi connectivity index (χ1n) is 7.00. The van der Waals surface area contributed by atoms with E-state index < -0.39 is 0 Å². The molecule has 0 unspecified atom stereocenters. The highest BCUT2D eigenvalue weighted by molar-refractivity contribution is 4.42. The lowest BCUT2D eigenvalue weighted by atomic mass is 10.1. The van der Waals surface area contributed by atoms with Crippen molar-refractivity contribution in [3.8, 4) is 0 Å². The Balaban J connectivity index is -0.000000183. The van der Waals surface area contributed by atoms with Gasteiger partial charge in [0, 0.05) is 6.54 Å². The third-order valence-electron chi connectivity index (χ3n) is 1.85. The van der Waals surface area contributed by atoms with Crippen molar-refractivity contribution >= 4 is 0 Å². The van der Waals surface area contributed by atoms with Crippen LogP contribution in [0.25, 0.3) is 0 Å². The van der Waals surface area contributed by atoms with Gasteiger partial charge < -0.3 is 10.4 Å². The Hall–Kier alpha value is -0.0800. The van der Waals surface area contributed by atoms with Crippen LogP contribution in [0, 0.1) is 5.92 Å². The van der Waals surface area contributed by atoms with Gasteiger partial charge in [-0.25, -0.2) is 0 Å². The highest BCUT2D eigenvalue weighted by Crippen LogP contribution is 2.04. The van der Waals surface area contributed by atoms with E-state index in [9.17, 15) is 0 Å². The second-order valence-electron chi connectivity index (χ2n) is 4.01. The summed E-state index contributed by atoms with van der Waals surface area (Å²) in [5.74, 6) is 0.903. The first-order valence-corrected chi connectivity index (χ1v) is 7.00. The highest BCUT2D eigenvalue weighted by Gasteiger charge is 1.88. The number of aliphatic hydroxyl groups is 1. The van der Waals surface area contributed by atoms with E-state index in [-0.39, 0.29) is 6.61 Å². The summed E-state index contributed by atoms with van der Waals surface area (Å²) in [5.41, 5.74) is 0. The van der Waals surface area contributed by atoms with Gasteiger partial charge in [-0.15, -0.1) is 0 Å². The maximum atomic E-state index is 8.23. The molecule has 0 aromatic heterocycles. The van der Waals surface area contributed by atoms with Gasteiger partial charge in [-0.1, -0.05) is 60.8 Å². The molecule has 2 heteroatoms. The van der Waals surface area contributed by atoms with Crippen LogP contribution >= 0.6 is 0 Å². The third-order valence-corrected chi connectivity index (χ3v) is 1.85. The molecule has 0 aromatic carbocycles. The van der Waals surface area contributed by atoms with E-state index in [2.05, 4.69) is 33.0 Å². The molecule has 0 aliphatic carbocycles. The first-order chi connectivity index (χ1) is 7.68. The topological polar surface area (TPSA) is 32.3 Å². The number of hydrogen-bond acceptors (Lipinski definition) is 2. The zero-order valence-electron chi connectivity index (χ0n) is 12.5. The first kappa shape index (κ1) is 21.2. The van der Waals surface area contributed by atoms with E-state index >= 15 is 0 Å². The Morgan fingerprint density at radius 2 is 1.56 bits per heavy atom. The molecule has 0 rings (SSSR count). The molecule has 102 valence electrons. The van der Waals surface area contributed by atoms with Crippen LogP contribution in [-0.2, 0) is 0 Å². The lowest BCUT2D eigenvalue weighted by molar-refractivity contribution is 0.292. The molecule has 0 saturated heterocycles. The largest absolute Gasteiger partial charge is 0.395 e. The molecular weight excluding hydrogens is 198 g/mol. The fourth-order valence-electron chi connectivity index (χ4n) is 0.993. The highest BCUT2D eigenvalue weighted by atomic mass is 16.3. The van der Waals surface area contributed by atoms with E-state index in [0.29, 0.717) is 0 Å². The Morgan fingerprint density at radius 3 is 1.81 bits per heavy atom. The van der Waals surface area contributed by atoms with Crippen molar-refractivity contribution < 1.29 is 5.11 Å². The number of unbranched alkanes of at least 4 members (excludes halogenated alkanes) is 1. The lowest BCUT2D eigenvalue weighted by Gasteiger charge is -1.98. The molecule has 0 radical (unpaired) electrons. The van der Waals surface area contributed by atoms with Crippen molar-refractivity contribution in [2.75, 3.05) is 19.7 Å². The standard InChI is InChI=1S/C7H16.C5H13NO.C2H6/c1-4-5-6-7(2)3;1-2-3-6-4-5-7;1-2/h7H,4-6H2,1-3H3;6-7H,2-5H2,1H3;1-2H3. The van der Waals surface area contributed by atoms with Crippen molar-refractivity contribution in [3.05, 3.63) is 0 Å². The zero-order chi connectivity index (χ0) is 13.2. The molecular formula is C14H35NO. The normalized spacial score (nSPS) is 9.00. The monoisotopic (exact) mass is 233 g/mol. The summed E-state index contributed by atoms with van der Waals surface area (Å²) in [6, 6.07) is 0. The summed E-state index contributed by atoms with van der Waals surface area (Å²) < 4.78 is 0. The molecule has 0 aromatic rings. The molecule has 16 heavy (non-hydrogen) atoms. The molecule has 0 bridgehead atoms. The summed E-state index contributed by atoms with van der Waals surface area (Å²) in [7, 11) is 0. The van der Waals surface area contributed by atoms with Gasteiger partial charge in [-0.3, -0.25) is 0 Å². The second kappa shape index (κ2) is 24.2. The van der Waals surface area contributed by atoms with Gasteiger partial charge in [0.1, 0.15) is 0 Å². The second-order valence-corrected chi connectivity index (χ2v) is 4.01. The summed E-state index contributed by atoms with van der Waals surface area (Å²) in [4.78, 5) is 0. The molecule has 0 spiro atoms. The van der Waals surface area contributed by atoms with Crippen molar-refractivity contribution in [1.29, 1.82) is 0 Å². The van der Waals surface area contributed by atoms with Crippen LogP contribution in [-0.4, -0.2) is 24.8 Å². The minimum absolute atomic E-state index is 0.250. The van der Waals surface area contributed by atoms with Crippen molar-refractivity contribution in [2.24, 2.45) is 5.92 Å². The quantitative estimate of drug-likeness (QED) is 0.655. The van der Waals surface area contributed by atoms with Crippen LogP contribution < -0.4 is 5.32 Å². The lowest BCUT2D eigenvalue weighted by Crippen LogP contribution is -2.18. The summed E-state index contributed by atoms with van der Waals surface area (Å²) >= 11 is 0. The number of hydrogen-bond donors (Lipinski definition) is 2. The Labute approximate surface area is 104 Å². The van der Waals surface area contributed by atoms with Crippen molar-refractivity contribution in [2.45, 2.75) is 67.2 Å². The van der Waals surface area contributed by atoms with Crippen LogP contribution in [0.3, 0.4) is 0 Å². The van der Waals surface area contributed by atoms with E-state index in [1.165, 1.54) is 19.3 Å². The zero-order valence-corrected chi connectivity index (χ0v) is 12.5. The number of rotatable bonds is 7. The fraction of sp³-hybridized carbons (Fsp3) is 1.00. The minimum atomic E-state index is 0.250. The van der Waals surface area contributed by atoms with E-state index in [1.54, 1.807) is 0 Å². The van der Waals surface area contributed by atoms with Gasteiger partial charge in [0.15, 0.2) is 0 Å². The molecule has 2 nitrogen and oxygen atoms in total. The third kappa shape index (κ3) is 37.0. The predicted molar refractivity (Wildman–Crippen MR) is 76.0 cm³/mol. The van der Waals surface area contributed by atoms with Crippen LogP contribution in [0.2, 0.25) is 0 Å². The molecule has 0 heterocycles. The maximum absolute atomic E-state index is 8.23. The fourth-order valence-corrected chi connectivity index (χ4v) is 0.993. The average Bonchev–Trinajstić information content (AvgIpc) is 2.30. The van der Waals surface area contributed by atoms with Gasteiger partial charge in [0.25, 0.3) is 0 Å². The Morgan fingerprint density at radius 1 is 1.00 bits per heavy atom. The summed E-state index contributed by atoms with van der Waals surface area (Å²) in [6.45, 7) is 14.9. The molecule has 2 N–H and O–H groups in total. The van der Waals surface area contributed by atoms with Gasteiger partial charge in [0.05, 0.1) is 6.61 Å². The van der Waals surface area contributed by atoms with Crippen LogP contribution in [0.5, 0.6) is 0 Å². The molecule has 0 aliphatic heterocycles. The van der Waals surface area contributed by atoms with Crippen molar-refractivity contribution in [3.63, 3.8) is 0 Å². The molecule has 0 aliphatic rings. The average molecular weight is 233 g/mol. The van der Waals surface area contributed by atoms with Crippen LogP contribution in [0.1, 0.15) is 67.2 Å². The number of aliphatic hydroxyl groups excluding tert-OH is 1. The smallest absolute Gasteiger partial charge is 0.0555 e. The molecule has 0 saturated carbocycles. The SMILES string of the molecule is CC.CCCCC(C)C.CCCNCCO. The Kier molecular flexibility index (Phi) is 32.2. The van der Waals surface area contributed by atoms with Gasteiger partial charge in [-0.2, -0.15) is 0 Å². The molecule has 0 fully saturated rings. The maximum Gasteiger partial charge on any atom is 0.0555 e. The van der Waals surface area contributed by atoms with E-state index in [1.807, 2.05) is 13.8 Å². The Bertz CT molecular complexity index is 80.8. The summed E-state index contributed by atoms with van der Waals surface area (Å²) in [6.07, 6.45) is 5.28. The van der Waals surface area contributed by atoms with Gasteiger partial charge >= 0.3 is 0 Å². The molecule has 0 amide bonds. The van der Waals surface area contributed by atoms with Crippen LogP contribution in [0.4, 0.5) is 0 Å². The van der Waals surface area contributed by atoms with E-state index in [4.69, 9.17) is 5.11 Å². The predicted octanol–water partition coefficient (Wildman–Crippen LogP) is 3.84. The van der Waals surface area contributed by atoms with Gasteiger partial charge in [0.2, 0.25) is 0 Å². The van der Waals surface area contributed by atoms with Crippen LogP contribution in [0.15, 0.2) is 0 Å². The minimum Gasteiger partial charge on any atom is -0.395 e. The summed E-state index contributed by atoms with van der Waals surface area (Å²) in [5, 5.41) is 11.3. The van der Waals surface area contributed by atoms with E-state index in [0.717, 1.165) is 25.4 Å². The van der Waals surface area contributed by atoms with Gasteiger partial charge in [-0.05, 0) is 18.9 Å².